The van der Waals surface area contributed by atoms with Crippen LogP contribution in [0.1, 0.15) is 57.4 Å². The van der Waals surface area contributed by atoms with Crippen molar-refractivity contribution in [2.24, 2.45) is 11.3 Å². The summed E-state index contributed by atoms with van der Waals surface area (Å²) in [4.78, 5) is 9.44. The molecule has 0 fully saturated rings. The Labute approximate surface area is 124 Å². The van der Waals surface area contributed by atoms with E-state index >= 15 is 0 Å². The van der Waals surface area contributed by atoms with Crippen LogP contribution in [0.4, 0.5) is 0 Å². The minimum absolute atomic E-state index is 0.235. The Kier molecular flexibility index (Phi) is 6.12. The van der Waals surface area contributed by atoms with Crippen LogP contribution in [0.2, 0.25) is 0 Å². The largest absolute Gasteiger partial charge is 0.317 e. The first kappa shape index (κ1) is 17.1. The summed E-state index contributed by atoms with van der Waals surface area (Å²) in [5, 5.41) is 3.41. The molecule has 20 heavy (non-hydrogen) atoms. The summed E-state index contributed by atoms with van der Waals surface area (Å²) in [6.07, 6.45) is 1.99. The molecule has 1 atom stereocenters. The first-order chi connectivity index (χ1) is 9.23. The Morgan fingerprint density at radius 1 is 1.10 bits per heavy atom. The molecule has 0 saturated carbocycles. The smallest absolute Gasteiger partial charge is 0.129 e. The van der Waals surface area contributed by atoms with Crippen LogP contribution >= 0.6 is 0 Å². The van der Waals surface area contributed by atoms with Crippen LogP contribution in [0.15, 0.2) is 0 Å². The summed E-state index contributed by atoms with van der Waals surface area (Å²) in [5.74, 6) is 1.60. The fourth-order valence-electron chi connectivity index (χ4n) is 2.47. The Hall–Kier alpha value is -0.960. The van der Waals surface area contributed by atoms with Crippen molar-refractivity contribution >= 4 is 0 Å². The van der Waals surface area contributed by atoms with Crippen molar-refractivity contribution in [3.8, 4) is 0 Å². The van der Waals surface area contributed by atoms with Crippen molar-refractivity contribution in [2.45, 2.75) is 61.3 Å². The molecule has 1 heterocycles. The standard InChI is InChI=1S/C17H31N3/c1-8-18-11-12(2)9-15-13(3)19-16(20-14(15)4)10-17(5,6)7/h12,18H,8-11H2,1-7H3. The van der Waals surface area contributed by atoms with E-state index in [1.165, 1.54) is 5.56 Å². The van der Waals surface area contributed by atoms with E-state index in [4.69, 9.17) is 9.97 Å². The van der Waals surface area contributed by atoms with E-state index in [0.29, 0.717) is 5.92 Å². The van der Waals surface area contributed by atoms with Crippen LogP contribution < -0.4 is 5.32 Å². The Morgan fingerprint density at radius 3 is 2.10 bits per heavy atom. The molecule has 1 aromatic rings. The van der Waals surface area contributed by atoms with Crippen molar-refractivity contribution in [1.29, 1.82) is 0 Å². The van der Waals surface area contributed by atoms with Gasteiger partial charge in [0.05, 0.1) is 0 Å². The van der Waals surface area contributed by atoms with Gasteiger partial charge < -0.3 is 5.32 Å². The van der Waals surface area contributed by atoms with Crippen LogP contribution in [-0.4, -0.2) is 23.1 Å². The number of aryl methyl sites for hydroxylation is 2. The van der Waals surface area contributed by atoms with E-state index in [9.17, 15) is 0 Å². The molecular formula is C17H31N3. The predicted molar refractivity (Wildman–Crippen MR) is 86.1 cm³/mol. The van der Waals surface area contributed by atoms with Crippen LogP contribution in [-0.2, 0) is 12.8 Å². The molecule has 3 heteroatoms. The molecule has 1 rings (SSSR count). The second-order valence-corrected chi connectivity index (χ2v) is 7.14. The van der Waals surface area contributed by atoms with Crippen LogP contribution in [0.3, 0.4) is 0 Å². The SMILES string of the molecule is CCNCC(C)Cc1c(C)nc(CC(C)(C)C)nc1C. The van der Waals surface area contributed by atoms with Crippen LogP contribution in [0.25, 0.3) is 0 Å². The molecule has 0 amide bonds. The van der Waals surface area contributed by atoms with Gasteiger partial charge in [-0.05, 0) is 50.3 Å². The molecule has 0 aliphatic rings. The van der Waals surface area contributed by atoms with E-state index in [1.807, 2.05) is 0 Å². The van der Waals surface area contributed by atoms with Gasteiger partial charge in [0.15, 0.2) is 0 Å². The summed E-state index contributed by atoms with van der Waals surface area (Å²) in [5.41, 5.74) is 3.87. The van der Waals surface area contributed by atoms with Gasteiger partial charge in [-0.1, -0.05) is 34.6 Å². The fraction of sp³-hybridized carbons (Fsp3) is 0.765. The van der Waals surface area contributed by atoms with Gasteiger partial charge in [0.25, 0.3) is 0 Å². The van der Waals surface area contributed by atoms with Crippen LogP contribution in [0.5, 0.6) is 0 Å². The predicted octanol–water partition coefficient (Wildman–Crippen LogP) is 3.47. The summed E-state index contributed by atoms with van der Waals surface area (Å²) in [6.45, 7) is 17.4. The number of hydrogen-bond donors (Lipinski definition) is 1. The van der Waals surface area contributed by atoms with Crippen molar-refractivity contribution in [2.75, 3.05) is 13.1 Å². The maximum absolute atomic E-state index is 4.72. The molecule has 0 saturated heterocycles. The molecule has 0 radical (unpaired) electrons. The second-order valence-electron chi connectivity index (χ2n) is 7.14. The molecule has 0 aliphatic heterocycles. The van der Waals surface area contributed by atoms with Gasteiger partial charge in [-0.3, -0.25) is 0 Å². The molecule has 0 spiro atoms. The first-order valence-corrected chi connectivity index (χ1v) is 7.76. The lowest BCUT2D eigenvalue weighted by Gasteiger charge is -2.19. The maximum Gasteiger partial charge on any atom is 0.129 e. The Morgan fingerprint density at radius 2 is 1.65 bits per heavy atom. The number of hydrogen-bond acceptors (Lipinski definition) is 3. The number of nitrogens with one attached hydrogen (secondary N) is 1. The third-order valence-electron chi connectivity index (χ3n) is 3.45. The zero-order chi connectivity index (χ0) is 15.3. The monoisotopic (exact) mass is 277 g/mol. The molecule has 1 unspecified atom stereocenters. The molecule has 1 aromatic heterocycles. The van der Waals surface area contributed by atoms with E-state index < -0.39 is 0 Å². The number of nitrogens with zero attached hydrogens (tertiary/aromatic N) is 2. The number of aromatic nitrogens is 2. The molecule has 0 aliphatic carbocycles. The zero-order valence-electron chi connectivity index (χ0n) is 14.3. The fourth-order valence-corrected chi connectivity index (χ4v) is 2.47. The zero-order valence-corrected chi connectivity index (χ0v) is 14.3. The van der Waals surface area contributed by atoms with Gasteiger partial charge >= 0.3 is 0 Å². The van der Waals surface area contributed by atoms with E-state index in [-0.39, 0.29) is 5.41 Å². The minimum Gasteiger partial charge on any atom is -0.317 e. The van der Waals surface area contributed by atoms with Gasteiger partial charge in [-0.25, -0.2) is 9.97 Å². The topological polar surface area (TPSA) is 37.8 Å². The van der Waals surface area contributed by atoms with Crippen molar-refractivity contribution in [3.63, 3.8) is 0 Å². The molecule has 3 nitrogen and oxygen atoms in total. The Bertz CT molecular complexity index is 409. The summed E-state index contributed by atoms with van der Waals surface area (Å²) in [7, 11) is 0. The maximum atomic E-state index is 4.72. The molecule has 0 bridgehead atoms. The van der Waals surface area contributed by atoms with Gasteiger partial charge in [0.2, 0.25) is 0 Å². The highest BCUT2D eigenvalue weighted by Crippen LogP contribution is 2.21. The van der Waals surface area contributed by atoms with Crippen LogP contribution in [0, 0.1) is 25.2 Å². The average Bonchev–Trinajstić information content (AvgIpc) is 2.29. The number of rotatable bonds is 6. The molecule has 114 valence electrons. The van der Waals surface area contributed by atoms with Gasteiger partial charge in [0, 0.05) is 17.8 Å². The summed E-state index contributed by atoms with van der Waals surface area (Å²) < 4.78 is 0. The van der Waals surface area contributed by atoms with Crippen molar-refractivity contribution < 1.29 is 0 Å². The first-order valence-electron chi connectivity index (χ1n) is 7.76. The summed E-state index contributed by atoms with van der Waals surface area (Å²) in [6, 6.07) is 0. The molecular weight excluding hydrogens is 246 g/mol. The lowest BCUT2D eigenvalue weighted by Crippen LogP contribution is -2.23. The lowest BCUT2D eigenvalue weighted by molar-refractivity contribution is 0.399. The second kappa shape index (κ2) is 7.16. The third kappa shape index (κ3) is 5.58. The highest BCUT2D eigenvalue weighted by molar-refractivity contribution is 5.25. The minimum atomic E-state index is 0.235. The van der Waals surface area contributed by atoms with Crippen molar-refractivity contribution in [3.05, 3.63) is 22.8 Å². The molecule has 1 N–H and O–H groups in total. The van der Waals surface area contributed by atoms with Gasteiger partial charge in [-0.15, -0.1) is 0 Å². The quantitative estimate of drug-likeness (QED) is 0.865. The highest BCUT2D eigenvalue weighted by Gasteiger charge is 2.16. The molecule has 0 aromatic carbocycles. The van der Waals surface area contributed by atoms with E-state index in [2.05, 4.69) is 53.8 Å². The Balaban J connectivity index is 2.84. The van der Waals surface area contributed by atoms with Crippen molar-refractivity contribution in [1.82, 2.24) is 15.3 Å². The van der Waals surface area contributed by atoms with Gasteiger partial charge in [-0.2, -0.15) is 0 Å². The average molecular weight is 277 g/mol. The normalized spacial score (nSPS) is 13.6. The van der Waals surface area contributed by atoms with E-state index in [0.717, 1.165) is 43.1 Å². The highest BCUT2D eigenvalue weighted by atomic mass is 14.9. The van der Waals surface area contributed by atoms with Gasteiger partial charge in [0.1, 0.15) is 5.82 Å². The third-order valence-corrected chi connectivity index (χ3v) is 3.45. The van der Waals surface area contributed by atoms with E-state index in [1.54, 1.807) is 0 Å². The lowest BCUT2D eigenvalue weighted by atomic mass is 9.91. The summed E-state index contributed by atoms with van der Waals surface area (Å²) >= 11 is 0.